The molecule has 0 aliphatic carbocycles. The Morgan fingerprint density at radius 3 is 2.78 bits per heavy atom. The average molecular weight is 474 g/mol. The van der Waals surface area contributed by atoms with E-state index in [0.717, 1.165) is 63.5 Å². The molecule has 0 N–H and O–H groups in total. The van der Waals surface area contributed by atoms with E-state index in [9.17, 15) is 4.79 Å². The molecule has 0 saturated carbocycles. The van der Waals surface area contributed by atoms with Gasteiger partial charge in [-0.3, -0.25) is 4.79 Å². The first-order valence-electron chi connectivity index (χ1n) is 10.7. The fourth-order valence-electron chi connectivity index (χ4n) is 3.39. The molecule has 0 atom stereocenters. The number of rotatable bonds is 11. The maximum atomic E-state index is 11.4. The topological polar surface area (TPSA) is 61.6 Å². The highest BCUT2D eigenvalue weighted by Gasteiger charge is 2.15. The van der Waals surface area contributed by atoms with Crippen LogP contribution in [0.5, 0.6) is 5.75 Å². The molecule has 0 fully saturated rings. The monoisotopic (exact) mass is 473 g/mol. The average Bonchev–Trinajstić information content (AvgIpc) is 3.22. The zero-order chi connectivity index (χ0) is 22.9. The molecular formula is C25H28ClNO4S. The summed E-state index contributed by atoms with van der Waals surface area (Å²) in [5.41, 5.74) is 3.75. The van der Waals surface area contributed by atoms with Crippen LogP contribution in [0.1, 0.15) is 37.1 Å². The Balaban J connectivity index is 1.55. The van der Waals surface area contributed by atoms with Crippen molar-refractivity contribution in [2.75, 3.05) is 19.5 Å². The van der Waals surface area contributed by atoms with Crippen LogP contribution in [0, 0.1) is 0 Å². The number of esters is 1. The summed E-state index contributed by atoms with van der Waals surface area (Å²) in [6.07, 6.45) is 7.02. The molecule has 3 rings (SSSR count). The lowest BCUT2D eigenvalue weighted by molar-refractivity contribution is -0.139. The van der Waals surface area contributed by atoms with Crippen LogP contribution in [0.4, 0.5) is 0 Å². The minimum atomic E-state index is -0.278. The maximum Gasteiger partial charge on any atom is 0.309 e. The summed E-state index contributed by atoms with van der Waals surface area (Å²) in [5, 5.41) is 5.91. The van der Waals surface area contributed by atoms with Crippen LogP contribution < -0.4 is 4.74 Å². The van der Waals surface area contributed by atoms with E-state index < -0.39 is 0 Å². The molecule has 5 nitrogen and oxygen atoms in total. The predicted molar refractivity (Wildman–Crippen MR) is 130 cm³/mol. The van der Waals surface area contributed by atoms with E-state index in [2.05, 4.69) is 25.1 Å². The van der Waals surface area contributed by atoms with Gasteiger partial charge in [-0.05, 0) is 42.7 Å². The van der Waals surface area contributed by atoms with Gasteiger partial charge in [0, 0.05) is 21.6 Å². The number of hydrogen-bond acceptors (Lipinski definition) is 6. The summed E-state index contributed by atoms with van der Waals surface area (Å²) in [4.78, 5) is 12.4. The molecule has 32 heavy (non-hydrogen) atoms. The van der Waals surface area contributed by atoms with Crippen molar-refractivity contribution in [2.45, 2.75) is 44.4 Å². The van der Waals surface area contributed by atoms with Crippen molar-refractivity contribution in [3.05, 3.63) is 64.3 Å². The molecule has 0 unspecified atom stereocenters. The lowest BCUT2D eigenvalue weighted by Crippen LogP contribution is -2.04. The molecule has 7 heteroatoms. The van der Waals surface area contributed by atoms with E-state index in [0.29, 0.717) is 11.6 Å². The second kappa shape index (κ2) is 12.0. The largest absolute Gasteiger partial charge is 0.489 e. The number of halogens is 1. The molecule has 3 aromatic rings. The van der Waals surface area contributed by atoms with Crippen molar-refractivity contribution in [1.82, 2.24) is 5.16 Å². The molecule has 0 bridgehead atoms. The summed E-state index contributed by atoms with van der Waals surface area (Å²) in [7, 11) is 1.38. The molecule has 0 aliphatic heterocycles. The zero-order valence-electron chi connectivity index (χ0n) is 18.7. The minimum absolute atomic E-state index is 0.220. The third-order valence-corrected chi connectivity index (χ3v) is 6.47. The summed E-state index contributed by atoms with van der Waals surface area (Å²) < 4.78 is 16.3. The summed E-state index contributed by atoms with van der Waals surface area (Å²) in [6.45, 7) is 4.70. The number of aryl methyl sites for hydroxylation is 2. The first-order chi connectivity index (χ1) is 15.6. The number of carbonyl (C=O) groups is 1. The van der Waals surface area contributed by atoms with E-state index in [4.69, 9.17) is 25.6 Å². The molecule has 0 radical (unpaired) electrons. The Bertz CT molecular complexity index is 1090. The van der Waals surface area contributed by atoms with Gasteiger partial charge in [-0.1, -0.05) is 55.2 Å². The highest BCUT2D eigenvalue weighted by Crippen LogP contribution is 2.32. The van der Waals surface area contributed by atoms with Gasteiger partial charge in [-0.15, -0.1) is 11.8 Å². The lowest BCUT2D eigenvalue weighted by Gasteiger charge is -2.10. The minimum Gasteiger partial charge on any atom is -0.489 e. The Hall–Kier alpha value is -2.44. The number of nitrogens with zero attached hydrogens (tertiary/aromatic N) is 1. The third kappa shape index (κ3) is 6.08. The van der Waals surface area contributed by atoms with E-state index in [1.807, 2.05) is 36.4 Å². The molecule has 0 amide bonds. The van der Waals surface area contributed by atoms with Gasteiger partial charge in [0.15, 0.2) is 5.58 Å². The van der Waals surface area contributed by atoms with Crippen molar-refractivity contribution >= 4 is 40.3 Å². The van der Waals surface area contributed by atoms with Crippen molar-refractivity contribution < 1.29 is 18.8 Å². The standard InChI is InChI=1S/C25H28ClNO4S/c1-4-8-19-22(11-10-18-21(5-2)27-31-25(18)19)30-13-6-7-14-32-23-12-9-17(15-20(23)26)16-24(28)29-3/h6-7,9-12,15H,4-5,8,13-14,16H2,1-3H3. The van der Waals surface area contributed by atoms with Crippen LogP contribution in [-0.4, -0.2) is 30.6 Å². The number of carbonyl (C=O) groups excluding carboxylic acids is 1. The molecular weight excluding hydrogens is 446 g/mol. The third-order valence-electron chi connectivity index (χ3n) is 5.02. The first kappa shape index (κ1) is 24.2. The van der Waals surface area contributed by atoms with Crippen molar-refractivity contribution in [3.8, 4) is 5.75 Å². The highest BCUT2D eigenvalue weighted by molar-refractivity contribution is 7.99. The van der Waals surface area contributed by atoms with E-state index in [1.54, 1.807) is 11.8 Å². The van der Waals surface area contributed by atoms with Crippen LogP contribution in [0.3, 0.4) is 0 Å². The smallest absolute Gasteiger partial charge is 0.309 e. The second-order valence-corrected chi connectivity index (χ2v) is 8.73. The lowest BCUT2D eigenvalue weighted by atomic mass is 10.0. The second-order valence-electron chi connectivity index (χ2n) is 7.26. The van der Waals surface area contributed by atoms with Crippen LogP contribution in [0.15, 0.2) is 51.9 Å². The Morgan fingerprint density at radius 1 is 1.22 bits per heavy atom. The fourth-order valence-corrected chi connectivity index (χ4v) is 4.53. The van der Waals surface area contributed by atoms with Gasteiger partial charge in [-0.25, -0.2) is 0 Å². The Labute approximate surface area is 198 Å². The molecule has 1 heterocycles. The number of fused-ring (bicyclic) bond motifs is 1. The van der Waals surface area contributed by atoms with Crippen LogP contribution >= 0.6 is 23.4 Å². The number of ether oxygens (including phenoxy) is 2. The van der Waals surface area contributed by atoms with Crippen LogP contribution in [0.25, 0.3) is 11.0 Å². The van der Waals surface area contributed by atoms with Gasteiger partial charge in [0.25, 0.3) is 0 Å². The summed E-state index contributed by atoms with van der Waals surface area (Å²) >= 11 is 7.98. The Kier molecular flexibility index (Phi) is 9.06. The normalized spacial score (nSPS) is 11.4. The van der Waals surface area contributed by atoms with E-state index in [1.165, 1.54) is 7.11 Å². The molecule has 170 valence electrons. The van der Waals surface area contributed by atoms with Gasteiger partial charge in [0.2, 0.25) is 0 Å². The van der Waals surface area contributed by atoms with Gasteiger partial charge in [0.1, 0.15) is 12.4 Å². The van der Waals surface area contributed by atoms with Gasteiger partial charge >= 0.3 is 5.97 Å². The number of aromatic nitrogens is 1. The number of thioether (sulfide) groups is 1. The molecule has 0 aliphatic rings. The van der Waals surface area contributed by atoms with Crippen molar-refractivity contribution in [2.24, 2.45) is 0 Å². The van der Waals surface area contributed by atoms with Gasteiger partial charge in [0.05, 0.1) is 24.2 Å². The molecule has 2 aromatic carbocycles. The summed E-state index contributed by atoms with van der Waals surface area (Å²) in [6, 6.07) is 9.69. The first-order valence-corrected chi connectivity index (χ1v) is 12.1. The molecule has 0 saturated heterocycles. The van der Waals surface area contributed by atoms with Crippen LogP contribution in [0.2, 0.25) is 5.02 Å². The molecule has 1 aromatic heterocycles. The maximum absolute atomic E-state index is 11.4. The van der Waals surface area contributed by atoms with E-state index >= 15 is 0 Å². The Morgan fingerprint density at radius 2 is 2.06 bits per heavy atom. The fraction of sp³-hybridized carbons (Fsp3) is 0.360. The van der Waals surface area contributed by atoms with Crippen molar-refractivity contribution in [1.29, 1.82) is 0 Å². The highest BCUT2D eigenvalue weighted by atomic mass is 35.5. The number of methoxy groups -OCH3 is 1. The zero-order valence-corrected chi connectivity index (χ0v) is 20.2. The van der Waals surface area contributed by atoms with E-state index in [-0.39, 0.29) is 12.4 Å². The van der Waals surface area contributed by atoms with Gasteiger partial charge < -0.3 is 14.0 Å². The quantitative estimate of drug-likeness (QED) is 0.181. The predicted octanol–water partition coefficient (Wildman–Crippen LogP) is 6.44. The van der Waals surface area contributed by atoms with Crippen molar-refractivity contribution in [3.63, 3.8) is 0 Å². The van der Waals surface area contributed by atoms with Gasteiger partial charge in [-0.2, -0.15) is 0 Å². The van der Waals surface area contributed by atoms with Crippen LogP contribution in [-0.2, 0) is 28.8 Å². The molecule has 0 spiro atoms. The number of benzene rings is 2. The number of hydrogen-bond donors (Lipinski definition) is 0. The SMILES string of the molecule is CCCc1c(OCC=CCSc2ccc(CC(=O)OC)cc2Cl)ccc2c(CC)noc12. The summed E-state index contributed by atoms with van der Waals surface area (Å²) in [5.74, 6) is 1.34.